The first-order valence-electron chi connectivity index (χ1n) is 9.85. The second-order valence-electron chi connectivity index (χ2n) is 7.48. The fourth-order valence-electron chi connectivity index (χ4n) is 3.50. The van der Waals surface area contributed by atoms with Gasteiger partial charge in [0.2, 0.25) is 0 Å². The van der Waals surface area contributed by atoms with Gasteiger partial charge in [-0.25, -0.2) is 4.99 Å². The summed E-state index contributed by atoms with van der Waals surface area (Å²) in [5, 5.41) is 5.04. The van der Waals surface area contributed by atoms with Crippen molar-refractivity contribution < 1.29 is 9.53 Å². The summed E-state index contributed by atoms with van der Waals surface area (Å²) in [7, 11) is 0. The lowest BCUT2D eigenvalue weighted by molar-refractivity contribution is -0.118. The lowest BCUT2D eigenvalue weighted by Gasteiger charge is -2.20. The third kappa shape index (κ3) is 3.85. The van der Waals surface area contributed by atoms with Gasteiger partial charge in [0.05, 0.1) is 17.1 Å². The van der Waals surface area contributed by atoms with E-state index in [0.717, 1.165) is 28.2 Å². The Morgan fingerprint density at radius 3 is 2.83 bits per heavy atom. The average Bonchev–Trinajstić information content (AvgIpc) is 3.12. The SMILES string of the molecule is CCC(C)n1c(-c2ccc3c(c2)NC(=O)CO3)csc1=Nc1ccc(C)cc1C. The molecule has 0 fully saturated rings. The number of carbonyl (C=O) groups is 1. The minimum absolute atomic E-state index is 0.0661. The summed E-state index contributed by atoms with van der Waals surface area (Å²) >= 11 is 1.64. The monoisotopic (exact) mass is 407 g/mol. The van der Waals surface area contributed by atoms with Crippen LogP contribution in [0.1, 0.15) is 37.4 Å². The van der Waals surface area contributed by atoms with Crippen LogP contribution >= 0.6 is 11.3 Å². The molecule has 1 atom stereocenters. The van der Waals surface area contributed by atoms with Crippen molar-refractivity contribution in [3.05, 3.63) is 57.7 Å². The zero-order chi connectivity index (χ0) is 20.5. The molecule has 1 aliphatic rings. The van der Waals surface area contributed by atoms with E-state index >= 15 is 0 Å². The topological polar surface area (TPSA) is 55.6 Å². The van der Waals surface area contributed by atoms with Gasteiger partial charge in [-0.1, -0.05) is 24.6 Å². The van der Waals surface area contributed by atoms with Gasteiger partial charge in [0, 0.05) is 17.0 Å². The van der Waals surface area contributed by atoms with E-state index in [-0.39, 0.29) is 12.5 Å². The molecule has 1 aromatic heterocycles. The Balaban J connectivity index is 1.84. The number of carbonyl (C=O) groups excluding carboxylic acids is 1. The molecule has 0 saturated carbocycles. The van der Waals surface area contributed by atoms with Crippen LogP contribution < -0.4 is 14.9 Å². The minimum Gasteiger partial charge on any atom is -0.482 e. The van der Waals surface area contributed by atoms with Crippen LogP contribution in [0, 0.1) is 13.8 Å². The molecule has 2 aromatic carbocycles. The molecule has 6 heteroatoms. The van der Waals surface area contributed by atoms with Crippen molar-refractivity contribution in [3.8, 4) is 17.0 Å². The number of anilines is 1. The van der Waals surface area contributed by atoms with Crippen LogP contribution in [0.4, 0.5) is 11.4 Å². The Bertz CT molecular complexity index is 1140. The van der Waals surface area contributed by atoms with E-state index < -0.39 is 0 Å². The van der Waals surface area contributed by atoms with Crippen LogP contribution in [-0.4, -0.2) is 17.1 Å². The molecule has 4 rings (SSSR count). The van der Waals surface area contributed by atoms with Crippen molar-refractivity contribution >= 4 is 28.6 Å². The lowest BCUT2D eigenvalue weighted by atomic mass is 10.1. The fourth-order valence-corrected chi connectivity index (χ4v) is 4.51. The van der Waals surface area contributed by atoms with Crippen molar-refractivity contribution in [2.24, 2.45) is 4.99 Å². The first-order chi connectivity index (χ1) is 14.0. The van der Waals surface area contributed by atoms with E-state index in [1.165, 1.54) is 11.1 Å². The summed E-state index contributed by atoms with van der Waals surface area (Å²) in [6.45, 7) is 8.65. The summed E-state index contributed by atoms with van der Waals surface area (Å²) in [4.78, 5) is 17.7. The molecule has 3 aromatic rings. The molecule has 5 nitrogen and oxygen atoms in total. The van der Waals surface area contributed by atoms with Gasteiger partial charge in [-0.15, -0.1) is 11.3 Å². The Morgan fingerprint density at radius 2 is 2.07 bits per heavy atom. The maximum absolute atomic E-state index is 11.7. The number of amides is 1. The Morgan fingerprint density at radius 1 is 1.24 bits per heavy atom. The van der Waals surface area contributed by atoms with E-state index in [4.69, 9.17) is 9.73 Å². The van der Waals surface area contributed by atoms with Crippen molar-refractivity contribution in [2.75, 3.05) is 11.9 Å². The van der Waals surface area contributed by atoms with Gasteiger partial charge in [0.25, 0.3) is 5.91 Å². The Kier molecular flexibility index (Phi) is 5.28. The number of nitrogens with one attached hydrogen (secondary N) is 1. The number of thiazole rings is 1. The van der Waals surface area contributed by atoms with Crippen LogP contribution in [0.25, 0.3) is 11.3 Å². The maximum Gasteiger partial charge on any atom is 0.262 e. The number of aryl methyl sites for hydroxylation is 2. The number of fused-ring (bicyclic) bond motifs is 1. The summed E-state index contributed by atoms with van der Waals surface area (Å²) in [6.07, 6.45) is 0.995. The number of nitrogens with zero attached hydrogens (tertiary/aromatic N) is 2. The zero-order valence-corrected chi connectivity index (χ0v) is 18.0. The molecule has 150 valence electrons. The third-order valence-electron chi connectivity index (χ3n) is 5.25. The van der Waals surface area contributed by atoms with Crippen molar-refractivity contribution in [3.63, 3.8) is 0 Å². The first-order valence-corrected chi connectivity index (χ1v) is 10.7. The summed E-state index contributed by atoms with van der Waals surface area (Å²) in [5.74, 6) is 0.583. The van der Waals surface area contributed by atoms with E-state index in [0.29, 0.717) is 17.5 Å². The minimum atomic E-state index is -0.125. The predicted octanol–water partition coefficient (Wildman–Crippen LogP) is 5.37. The second-order valence-corrected chi connectivity index (χ2v) is 8.32. The fraction of sp³-hybridized carbons (Fsp3) is 0.304. The molecule has 1 unspecified atom stereocenters. The number of hydrogen-bond acceptors (Lipinski definition) is 4. The predicted molar refractivity (Wildman–Crippen MR) is 118 cm³/mol. The van der Waals surface area contributed by atoms with Crippen molar-refractivity contribution in [1.82, 2.24) is 4.57 Å². The van der Waals surface area contributed by atoms with Gasteiger partial charge in [-0.3, -0.25) is 4.79 Å². The van der Waals surface area contributed by atoms with Gasteiger partial charge in [0.15, 0.2) is 11.4 Å². The number of benzene rings is 2. The average molecular weight is 408 g/mol. The van der Waals surface area contributed by atoms with Gasteiger partial charge in [-0.05, 0) is 57.0 Å². The summed E-state index contributed by atoms with van der Waals surface area (Å²) in [6, 6.07) is 12.6. The molecule has 0 aliphatic carbocycles. The molecule has 0 radical (unpaired) electrons. The lowest BCUT2D eigenvalue weighted by Crippen LogP contribution is -2.25. The van der Waals surface area contributed by atoms with Gasteiger partial charge in [-0.2, -0.15) is 0 Å². The standard InChI is InChI=1S/C23H25N3O2S/c1-5-16(4)26-20(17-7-9-21-19(11-17)24-22(27)12-28-21)13-29-23(26)25-18-8-6-14(2)10-15(18)3/h6-11,13,16H,5,12H2,1-4H3,(H,24,27). The molecular formula is C23H25N3O2S. The largest absolute Gasteiger partial charge is 0.482 e. The quantitative estimate of drug-likeness (QED) is 0.632. The molecule has 0 bridgehead atoms. The van der Waals surface area contributed by atoms with E-state index in [2.05, 4.69) is 61.2 Å². The molecular weight excluding hydrogens is 382 g/mol. The highest BCUT2D eigenvalue weighted by molar-refractivity contribution is 7.07. The number of ether oxygens (including phenoxy) is 1. The Labute approximate surface area is 174 Å². The van der Waals surface area contributed by atoms with E-state index in [9.17, 15) is 4.79 Å². The van der Waals surface area contributed by atoms with E-state index in [1.807, 2.05) is 18.2 Å². The third-order valence-corrected chi connectivity index (χ3v) is 6.09. The highest BCUT2D eigenvalue weighted by Gasteiger charge is 2.19. The van der Waals surface area contributed by atoms with Crippen LogP contribution in [0.5, 0.6) is 5.75 Å². The van der Waals surface area contributed by atoms with Crippen LogP contribution in [-0.2, 0) is 4.79 Å². The Hall–Kier alpha value is -2.86. The smallest absolute Gasteiger partial charge is 0.262 e. The van der Waals surface area contributed by atoms with Crippen molar-refractivity contribution in [2.45, 2.75) is 40.2 Å². The molecule has 1 amide bonds. The number of hydrogen-bond donors (Lipinski definition) is 1. The van der Waals surface area contributed by atoms with E-state index in [1.54, 1.807) is 11.3 Å². The van der Waals surface area contributed by atoms with Crippen LogP contribution in [0.3, 0.4) is 0 Å². The molecule has 0 spiro atoms. The van der Waals surface area contributed by atoms with Gasteiger partial charge < -0.3 is 14.6 Å². The summed E-state index contributed by atoms with van der Waals surface area (Å²) in [5.41, 5.74) is 6.25. The van der Waals surface area contributed by atoms with Crippen LogP contribution in [0.15, 0.2) is 46.8 Å². The molecule has 0 saturated heterocycles. The summed E-state index contributed by atoms with van der Waals surface area (Å²) < 4.78 is 7.79. The normalized spacial score (nSPS) is 14.9. The first kappa shape index (κ1) is 19.5. The van der Waals surface area contributed by atoms with Crippen LogP contribution in [0.2, 0.25) is 0 Å². The number of aromatic nitrogens is 1. The van der Waals surface area contributed by atoms with Gasteiger partial charge >= 0.3 is 0 Å². The van der Waals surface area contributed by atoms with Crippen molar-refractivity contribution in [1.29, 1.82) is 0 Å². The zero-order valence-electron chi connectivity index (χ0n) is 17.2. The molecule has 2 heterocycles. The number of rotatable bonds is 4. The molecule has 1 aliphatic heterocycles. The second kappa shape index (κ2) is 7.87. The molecule has 29 heavy (non-hydrogen) atoms. The highest BCUT2D eigenvalue weighted by Crippen LogP contribution is 2.34. The highest BCUT2D eigenvalue weighted by atomic mass is 32.1. The van der Waals surface area contributed by atoms with Gasteiger partial charge in [0.1, 0.15) is 5.75 Å². The maximum atomic E-state index is 11.7. The molecule has 1 N–H and O–H groups in total.